The first kappa shape index (κ1) is 14.5. The van der Waals surface area contributed by atoms with Crippen LogP contribution in [0.4, 0.5) is 0 Å². The highest BCUT2D eigenvalue weighted by atomic mass is 16.4. The summed E-state index contributed by atoms with van der Waals surface area (Å²) in [5.41, 5.74) is 2.43. The molecule has 2 unspecified atom stereocenters. The Morgan fingerprint density at radius 3 is 2.80 bits per heavy atom. The Labute approximate surface area is 118 Å². The zero-order valence-electron chi connectivity index (χ0n) is 11.6. The van der Waals surface area contributed by atoms with Gasteiger partial charge in [-0.25, -0.2) is 0 Å². The topological polar surface area (TPSA) is 78.4 Å². The lowest BCUT2D eigenvalue weighted by Gasteiger charge is -2.25. The van der Waals surface area contributed by atoms with E-state index in [4.69, 9.17) is 5.11 Å². The van der Waals surface area contributed by atoms with Gasteiger partial charge in [-0.1, -0.05) is 31.2 Å². The van der Waals surface area contributed by atoms with Crippen LogP contribution in [0.25, 0.3) is 0 Å². The minimum absolute atomic E-state index is 0.0582. The fourth-order valence-corrected chi connectivity index (χ4v) is 2.30. The first-order valence-corrected chi connectivity index (χ1v) is 6.88. The maximum absolute atomic E-state index is 12.0. The first-order valence-electron chi connectivity index (χ1n) is 6.88. The van der Waals surface area contributed by atoms with Gasteiger partial charge in [-0.2, -0.15) is 0 Å². The van der Waals surface area contributed by atoms with E-state index >= 15 is 0 Å². The molecule has 0 radical (unpaired) electrons. The van der Waals surface area contributed by atoms with Gasteiger partial charge >= 0.3 is 5.97 Å². The van der Waals surface area contributed by atoms with Gasteiger partial charge in [-0.15, -0.1) is 0 Å². The van der Waals surface area contributed by atoms with E-state index in [1.165, 1.54) is 11.1 Å². The molecule has 3 N–H and O–H groups in total. The quantitative estimate of drug-likeness (QED) is 0.747. The van der Waals surface area contributed by atoms with Gasteiger partial charge in [0.25, 0.3) is 0 Å². The fraction of sp³-hybridized carbons (Fsp3) is 0.467. The molecule has 20 heavy (non-hydrogen) atoms. The third-order valence-electron chi connectivity index (χ3n) is 3.70. The highest BCUT2D eigenvalue weighted by molar-refractivity contribution is 5.82. The minimum Gasteiger partial charge on any atom is -0.481 e. The molecule has 0 aliphatic carbocycles. The van der Waals surface area contributed by atoms with Crippen molar-refractivity contribution >= 4 is 11.9 Å². The molecule has 0 saturated heterocycles. The lowest BCUT2D eigenvalue weighted by atomic mass is 9.95. The summed E-state index contributed by atoms with van der Waals surface area (Å²) in [4.78, 5) is 22.7. The molecular weight excluding hydrogens is 256 g/mol. The van der Waals surface area contributed by atoms with Crippen molar-refractivity contribution in [2.75, 3.05) is 6.54 Å². The number of carboxylic acid groups (broad SMARTS) is 1. The lowest BCUT2D eigenvalue weighted by Crippen LogP contribution is -2.48. The van der Waals surface area contributed by atoms with Gasteiger partial charge in [0.05, 0.1) is 12.0 Å². The van der Waals surface area contributed by atoms with Crippen molar-refractivity contribution in [3.8, 4) is 0 Å². The number of carboxylic acids is 1. The molecule has 0 spiro atoms. The van der Waals surface area contributed by atoms with E-state index in [-0.39, 0.29) is 11.9 Å². The third kappa shape index (κ3) is 3.57. The number of aliphatic carboxylic acids is 1. The molecule has 2 rings (SSSR count). The third-order valence-corrected chi connectivity index (χ3v) is 3.70. The minimum atomic E-state index is -0.830. The number of benzene rings is 1. The van der Waals surface area contributed by atoms with Crippen molar-refractivity contribution in [3.63, 3.8) is 0 Å². The molecule has 5 heteroatoms. The molecule has 1 amide bonds. The Morgan fingerprint density at radius 2 is 2.10 bits per heavy atom. The summed E-state index contributed by atoms with van der Waals surface area (Å²) in [5.74, 6) is -1.32. The standard InChI is InChI=1S/C15H20N2O3/c1-10(15(19)20)6-7-16-14(18)13-8-11-4-2-3-5-12(11)9-17-13/h2-5,10,13,17H,6-9H2,1H3,(H,16,18)(H,19,20). The average molecular weight is 276 g/mol. The second-order valence-electron chi connectivity index (χ2n) is 5.23. The number of fused-ring (bicyclic) bond motifs is 1. The second kappa shape index (κ2) is 6.52. The molecule has 1 aliphatic rings. The monoisotopic (exact) mass is 276 g/mol. The van der Waals surface area contributed by atoms with Crippen LogP contribution >= 0.6 is 0 Å². The van der Waals surface area contributed by atoms with Gasteiger partial charge in [0.15, 0.2) is 0 Å². The van der Waals surface area contributed by atoms with Crippen LogP contribution in [0.3, 0.4) is 0 Å². The van der Waals surface area contributed by atoms with E-state index < -0.39 is 11.9 Å². The maximum Gasteiger partial charge on any atom is 0.306 e. The number of carbonyl (C=O) groups is 2. The second-order valence-corrected chi connectivity index (χ2v) is 5.23. The highest BCUT2D eigenvalue weighted by Gasteiger charge is 2.23. The molecule has 2 atom stereocenters. The molecule has 1 aromatic carbocycles. The molecule has 0 aromatic heterocycles. The molecule has 108 valence electrons. The van der Waals surface area contributed by atoms with Crippen molar-refractivity contribution in [1.82, 2.24) is 10.6 Å². The summed E-state index contributed by atoms with van der Waals surface area (Å²) >= 11 is 0. The van der Waals surface area contributed by atoms with Crippen LogP contribution in [0.1, 0.15) is 24.5 Å². The van der Waals surface area contributed by atoms with E-state index in [9.17, 15) is 9.59 Å². The normalized spacial score (nSPS) is 18.9. The van der Waals surface area contributed by atoms with Crippen LogP contribution in [0.5, 0.6) is 0 Å². The summed E-state index contributed by atoms with van der Waals surface area (Å²) in [7, 11) is 0. The summed E-state index contributed by atoms with van der Waals surface area (Å²) in [5, 5.41) is 14.8. The van der Waals surface area contributed by atoms with Crippen molar-refractivity contribution in [3.05, 3.63) is 35.4 Å². The van der Waals surface area contributed by atoms with Gasteiger partial charge in [-0.3, -0.25) is 9.59 Å². The predicted octanol–water partition coefficient (Wildman–Crippen LogP) is 0.928. The molecule has 0 fully saturated rings. The van der Waals surface area contributed by atoms with Crippen LogP contribution in [0, 0.1) is 5.92 Å². The first-order chi connectivity index (χ1) is 9.58. The molecule has 5 nitrogen and oxygen atoms in total. The summed E-state index contributed by atoms with van der Waals surface area (Å²) in [6.45, 7) is 2.73. The fourth-order valence-electron chi connectivity index (χ4n) is 2.30. The Balaban J connectivity index is 1.81. The van der Waals surface area contributed by atoms with Gasteiger partial charge < -0.3 is 15.7 Å². The Morgan fingerprint density at radius 1 is 1.40 bits per heavy atom. The van der Waals surface area contributed by atoms with Gasteiger partial charge in [-0.05, 0) is 24.0 Å². The smallest absolute Gasteiger partial charge is 0.306 e. The summed E-state index contributed by atoms with van der Waals surface area (Å²) < 4.78 is 0. The molecule has 0 saturated carbocycles. The lowest BCUT2D eigenvalue weighted by molar-refractivity contribution is -0.141. The van der Waals surface area contributed by atoms with Gasteiger partial charge in [0.2, 0.25) is 5.91 Å². The van der Waals surface area contributed by atoms with Crippen LogP contribution in [-0.4, -0.2) is 29.6 Å². The number of hydrogen-bond donors (Lipinski definition) is 3. The largest absolute Gasteiger partial charge is 0.481 e. The zero-order chi connectivity index (χ0) is 14.5. The average Bonchev–Trinajstić information content (AvgIpc) is 2.46. The van der Waals surface area contributed by atoms with Crippen molar-refractivity contribution in [2.45, 2.75) is 32.4 Å². The molecule has 1 aliphatic heterocycles. The number of hydrogen-bond acceptors (Lipinski definition) is 3. The molecule has 0 bridgehead atoms. The van der Waals surface area contributed by atoms with E-state index in [1.807, 2.05) is 18.2 Å². The van der Waals surface area contributed by atoms with Crippen molar-refractivity contribution in [2.24, 2.45) is 5.92 Å². The Kier molecular flexibility index (Phi) is 4.74. The van der Waals surface area contributed by atoms with Crippen LogP contribution in [0.15, 0.2) is 24.3 Å². The van der Waals surface area contributed by atoms with E-state index in [0.717, 1.165) is 0 Å². The van der Waals surface area contributed by atoms with E-state index in [0.29, 0.717) is 25.9 Å². The Bertz CT molecular complexity index is 502. The highest BCUT2D eigenvalue weighted by Crippen LogP contribution is 2.16. The number of amides is 1. The van der Waals surface area contributed by atoms with E-state index in [2.05, 4.69) is 16.7 Å². The number of rotatable bonds is 5. The van der Waals surface area contributed by atoms with E-state index in [1.54, 1.807) is 6.92 Å². The van der Waals surface area contributed by atoms with Gasteiger partial charge in [0.1, 0.15) is 0 Å². The van der Waals surface area contributed by atoms with Crippen molar-refractivity contribution < 1.29 is 14.7 Å². The summed E-state index contributed by atoms with van der Waals surface area (Å²) in [6, 6.07) is 7.85. The zero-order valence-corrected chi connectivity index (χ0v) is 11.6. The number of nitrogens with one attached hydrogen (secondary N) is 2. The van der Waals surface area contributed by atoms with Crippen LogP contribution in [-0.2, 0) is 22.6 Å². The molecular formula is C15H20N2O3. The maximum atomic E-state index is 12.0. The Hall–Kier alpha value is -1.88. The van der Waals surface area contributed by atoms with Crippen LogP contribution in [0.2, 0.25) is 0 Å². The predicted molar refractivity (Wildman–Crippen MR) is 75.2 cm³/mol. The molecule has 1 aromatic rings. The molecule has 1 heterocycles. The SMILES string of the molecule is CC(CCNC(=O)C1Cc2ccccc2CN1)C(=O)O. The summed E-state index contributed by atoms with van der Waals surface area (Å²) in [6.07, 6.45) is 1.13. The van der Waals surface area contributed by atoms with Gasteiger partial charge in [0, 0.05) is 13.1 Å². The van der Waals surface area contributed by atoms with Crippen molar-refractivity contribution in [1.29, 1.82) is 0 Å². The van der Waals surface area contributed by atoms with Crippen LogP contribution < -0.4 is 10.6 Å². The number of carbonyl (C=O) groups excluding carboxylic acids is 1.